The Bertz CT molecular complexity index is 819. The molecule has 7 nitrogen and oxygen atoms in total. The lowest BCUT2D eigenvalue weighted by atomic mass is 9.46. The summed E-state index contributed by atoms with van der Waals surface area (Å²) in [4.78, 5) is 30.4. The monoisotopic (exact) mass is 400 g/mol. The van der Waals surface area contributed by atoms with Crippen LogP contribution >= 0.6 is 0 Å². The third-order valence-electron chi connectivity index (χ3n) is 8.51. The van der Waals surface area contributed by atoms with Crippen molar-refractivity contribution in [1.29, 1.82) is 0 Å². The lowest BCUT2D eigenvalue weighted by molar-refractivity contribution is -0.134. The molecule has 6 unspecified atom stereocenters. The van der Waals surface area contributed by atoms with Crippen LogP contribution in [0.3, 0.4) is 0 Å². The Morgan fingerprint density at radius 2 is 2.24 bits per heavy atom. The lowest BCUT2D eigenvalue weighted by Gasteiger charge is -2.60. The van der Waals surface area contributed by atoms with E-state index in [1.165, 1.54) is 0 Å². The van der Waals surface area contributed by atoms with Crippen LogP contribution in [-0.4, -0.2) is 55.4 Å². The second-order valence-electron chi connectivity index (χ2n) is 9.25. The molecule has 0 aromatic carbocycles. The molecule has 2 spiro atoms. The van der Waals surface area contributed by atoms with Gasteiger partial charge in [-0.2, -0.15) is 0 Å². The van der Waals surface area contributed by atoms with Gasteiger partial charge in [-0.05, 0) is 50.5 Å². The van der Waals surface area contributed by atoms with Crippen molar-refractivity contribution in [2.24, 2.45) is 45.2 Å². The maximum absolute atomic E-state index is 12.2. The Hall–Kier alpha value is -2.15. The minimum Gasteiger partial charge on any atom is -0.478 e. The van der Waals surface area contributed by atoms with Crippen LogP contribution in [0.1, 0.15) is 32.6 Å². The van der Waals surface area contributed by atoms with Crippen molar-refractivity contribution in [1.82, 2.24) is 10.2 Å². The summed E-state index contributed by atoms with van der Waals surface area (Å²) in [6, 6.07) is 0. The fourth-order valence-electron chi connectivity index (χ4n) is 7.50. The van der Waals surface area contributed by atoms with Gasteiger partial charge in [0.25, 0.3) is 0 Å². The number of carbonyl (C=O) groups excluding carboxylic acids is 1. The number of hydrogen-bond donors (Lipinski definition) is 3. The minimum atomic E-state index is -0.924. The minimum absolute atomic E-state index is 0.161. The van der Waals surface area contributed by atoms with Gasteiger partial charge >= 0.3 is 5.97 Å². The number of nitrogens with two attached hydrogens (primary N) is 1. The third-order valence-corrected chi connectivity index (χ3v) is 8.51. The molecule has 1 aliphatic heterocycles. The van der Waals surface area contributed by atoms with Crippen LogP contribution in [0, 0.1) is 34.5 Å². The first kappa shape index (κ1) is 20.1. The van der Waals surface area contributed by atoms with Crippen molar-refractivity contribution in [2.45, 2.75) is 32.6 Å². The number of rotatable bonds is 4. The summed E-state index contributed by atoms with van der Waals surface area (Å²) < 4.78 is 0. The van der Waals surface area contributed by atoms with E-state index in [1.54, 1.807) is 7.05 Å². The van der Waals surface area contributed by atoms with E-state index in [4.69, 9.17) is 5.73 Å². The molecule has 2 saturated carbocycles. The molecule has 2 bridgehead atoms. The van der Waals surface area contributed by atoms with E-state index >= 15 is 0 Å². The first-order valence-corrected chi connectivity index (χ1v) is 10.6. The van der Waals surface area contributed by atoms with E-state index in [2.05, 4.69) is 23.3 Å². The zero-order chi connectivity index (χ0) is 21.0. The van der Waals surface area contributed by atoms with E-state index in [0.717, 1.165) is 44.2 Å². The number of allylic oxidation sites excluding steroid dienone is 1. The van der Waals surface area contributed by atoms with Gasteiger partial charge in [-0.15, -0.1) is 0 Å². The van der Waals surface area contributed by atoms with Crippen molar-refractivity contribution in [3.63, 3.8) is 0 Å². The second-order valence-corrected chi connectivity index (χ2v) is 9.25. The van der Waals surface area contributed by atoms with Gasteiger partial charge in [-0.25, -0.2) is 4.79 Å². The van der Waals surface area contributed by atoms with E-state index in [1.807, 2.05) is 18.1 Å². The number of guanidine groups is 1. The molecule has 4 N–H and O–H groups in total. The van der Waals surface area contributed by atoms with Gasteiger partial charge in [-0.3, -0.25) is 4.99 Å². The van der Waals surface area contributed by atoms with Crippen LogP contribution in [0.5, 0.6) is 0 Å². The topological polar surface area (TPSA) is 108 Å². The molecule has 0 aromatic rings. The zero-order valence-corrected chi connectivity index (χ0v) is 17.5. The summed E-state index contributed by atoms with van der Waals surface area (Å²) in [5.41, 5.74) is 7.18. The predicted molar refractivity (Wildman–Crippen MR) is 111 cm³/mol. The smallest absolute Gasteiger partial charge is 0.332 e. The predicted octanol–water partition coefficient (Wildman–Crippen LogP) is 1.62. The summed E-state index contributed by atoms with van der Waals surface area (Å²) in [7, 11) is 3.65. The fraction of sp³-hybridized carbons (Fsp3) is 0.682. The molecule has 29 heavy (non-hydrogen) atoms. The van der Waals surface area contributed by atoms with E-state index in [9.17, 15) is 14.7 Å². The molecule has 1 heterocycles. The van der Waals surface area contributed by atoms with Gasteiger partial charge in [0, 0.05) is 48.7 Å². The third kappa shape index (κ3) is 2.43. The van der Waals surface area contributed by atoms with Gasteiger partial charge < -0.3 is 25.9 Å². The number of hydrogen-bond acceptors (Lipinski definition) is 4. The molecule has 158 valence electrons. The summed E-state index contributed by atoms with van der Waals surface area (Å²) in [5.74, 6) is -0.0146. The summed E-state index contributed by atoms with van der Waals surface area (Å²) in [6.07, 6.45) is 8.65. The normalized spacial score (nSPS) is 41.2. The molecule has 0 amide bonds. The number of carbonyl (C=O) groups is 2. The molecule has 0 saturated heterocycles. The number of nitrogens with zero attached hydrogens (tertiary/aromatic N) is 2. The van der Waals surface area contributed by atoms with Crippen molar-refractivity contribution in [3.8, 4) is 0 Å². The summed E-state index contributed by atoms with van der Waals surface area (Å²) >= 11 is 0. The lowest BCUT2D eigenvalue weighted by Crippen LogP contribution is -2.61. The van der Waals surface area contributed by atoms with Crippen molar-refractivity contribution in [2.75, 3.05) is 27.2 Å². The van der Waals surface area contributed by atoms with Gasteiger partial charge in [0.15, 0.2) is 5.96 Å². The van der Waals surface area contributed by atoms with Crippen molar-refractivity contribution >= 4 is 18.2 Å². The average Bonchev–Trinajstić information content (AvgIpc) is 3.12. The highest BCUT2D eigenvalue weighted by atomic mass is 16.4. The highest BCUT2D eigenvalue weighted by Crippen LogP contribution is 2.76. The van der Waals surface area contributed by atoms with E-state index in [-0.39, 0.29) is 16.7 Å². The number of carboxylic acids is 1. The molecule has 0 radical (unpaired) electrons. The van der Waals surface area contributed by atoms with Crippen molar-refractivity contribution < 1.29 is 14.7 Å². The quantitative estimate of drug-likeness (QED) is 0.376. The largest absolute Gasteiger partial charge is 0.478 e. The van der Waals surface area contributed by atoms with Crippen LogP contribution in [0.4, 0.5) is 0 Å². The Morgan fingerprint density at radius 1 is 1.48 bits per heavy atom. The number of carboxylic acid groups (broad SMARTS) is 1. The number of aliphatic carboxylic acids is 1. The van der Waals surface area contributed by atoms with Crippen LogP contribution < -0.4 is 11.1 Å². The first-order valence-electron chi connectivity index (χ1n) is 10.6. The Labute approximate surface area is 172 Å². The molecular formula is C22H32N4O3. The van der Waals surface area contributed by atoms with Gasteiger partial charge in [0.2, 0.25) is 0 Å². The van der Waals surface area contributed by atoms with Crippen molar-refractivity contribution in [3.05, 3.63) is 23.4 Å². The Kier molecular flexibility index (Phi) is 4.84. The molecule has 2 fully saturated rings. The SMILES string of the molecule is CN=C(N)N1C=CC(CNC)C2(C1)C1CCC(C)C23CC(C=O)C(C(=O)O)=C3C1. The van der Waals surface area contributed by atoms with E-state index < -0.39 is 11.9 Å². The molecule has 0 aromatic heterocycles. The standard InChI is InChI=1S/C22H32N4O3/c1-13-4-5-15-8-17-18(19(28)29)14(11-27)9-21(13,17)22(15)12-26(20(23)25-3)7-6-16(22)10-24-2/h6-7,11,13-16,24H,4-5,8-10,12H2,1-3H3,(H2,23,25)(H,28,29). The highest BCUT2D eigenvalue weighted by Gasteiger charge is 2.72. The van der Waals surface area contributed by atoms with E-state index in [0.29, 0.717) is 29.8 Å². The molecule has 4 rings (SSSR count). The maximum Gasteiger partial charge on any atom is 0.332 e. The van der Waals surface area contributed by atoms with Crippen LogP contribution in [-0.2, 0) is 9.59 Å². The Balaban J connectivity index is 1.95. The summed E-state index contributed by atoms with van der Waals surface area (Å²) in [5, 5.41) is 13.4. The molecule has 6 atom stereocenters. The highest BCUT2D eigenvalue weighted by molar-refractivity contribution is 5.94. The average molecular weight is 401 g/mol. The summed E-state index contributed by atoms with van der Waals surface area (Å²) in [6.45, 7) is 3.79. The number of aldehydes is 1. The number of aliphatic imine (C=N–C) groups is 1. The van der Waals surface area contributed by atoms with Gasteiger partial charge in [0.1, 0.15) is 6.29 Å². The molecule has 3 aliphatic carbocycles. The second kappa shape index (κ2) is 6.97. The molecular weight excluding hydrogens is 368 g/mol. The first-order chi connectivity index (χ1) is 13.9. The number of nitrogens with one attached hydrogen (secondary N) is 1. The van der Waals surface area contributed by atoms with Crippen LogP contribution in [0.15, 0.2) is 28.4 Å². The Morgan fingerprint density at radius 3 is 2.86 bits per heavy atom. The van der Waals surface area contributed by atoms with Crippen LogP contribution in [0.25, 0.3) is 0 Å². The maximum atomic E-state index is 12.2. The fourth-order valence-corrected chi connectivity index (χ4v) is 7.50. The molecule has 4 aliphatic rings. The van der Waals surface area contributed by atoms with Gasteiger partial charge in [0.05, 0.1) is 0 Å². The van der Waals surface area contributed by atoms with Crippen LogP contribution in [0.2, 0.25) is 0 Å². The zero-order valence-electron chi connectivity index (χ0n) is 17.5. The molecule has 7 heteroatoms. The van der Waals surface area contributed by atoms with Gasteiger partial charge in [-0.1, -0.05) is 18.6 Å².